The van der Waals surface area contributed by atoms with Crippen LogP contribution in [0.15, 0.2) is 18.2 Å². The standard InChI is InChI=1S/C14H20ClN5O2/c1-21-11-6-7-13(12(15)10-11)22-9-5-3-2-4-8-20-18-14(16)17-19-20/h6-7,10H,2-5,8-9H2,1H3,(H2,16,18). The van der Waals surface area contributed by atoms with Crippen LogP contribution in [0.3, 0.4) is 0 Å². The molecule has 1 aromatic carbocycles. The Hall–Kier alpha value is -2.02. The quantitative estimate of drug-likeness (QED) is 0.713. The number of anilines is 1. The molecular weight excluding hydrogens is 306 g/mol. The number of nitrogens with zero attached hydrogens (tertiary/aromatic N) is 4. The first-order chi connectivity index (χ1) is 10.7. The summed E-state index contributed by atoms with van der Waals surface area (Å²) >= 11 is 6.10. The Bertz CT molecular complexity index is 590. The smallest absolute Gasteiger partial charge is 0.260 e. The van der Waals surface area contributed by atoms with Crippen LogP contribution in [0, 0.1) is 0 Å². The largest absolute Gasteiger partial charge is 0.497 e. The van der Waals surface area contributed by atoms with Crippen LogP contribution < -0.4 is 15.2 Å². The molecule has 0 radical (unpaired) electrons. The molecule has 2 N–H and O–H groups in total. The van der Waals surface area contributed by atoms with Crippen molar-refractivity contribution in [1.29, 1.82) is 0 Å². The summed E-state index contributed by atoms with van der Waals surface area (Å²) in [6, 6.07) is 5.40. The lowest BCUT2D eigenvalue weighted by molar-refractivity contribution is 0.303. The van der Waals surface area contributed by atoms with E-state index in [0.717, 1.165) is 38.0 Å². The number of hydrogen-bond acceptors (Lipinski definition) is 6. The minimum absolute atomic E-state index is 0.213. The van der Waals surface area contributed by atoms with Gasteiger partial charge in [-0.15, -0.1) is 5.10 Å². The van der Waals surface area contributed by atoms with E-state index in [1.165, 1.54) is 4.80 Å². The maximum Gasteiger partial charge on any atom is 0.260 e. The number of ether oxygens (including phenoxy) is 2. The second-order valence-corrected chi connectivity index (χ2v) is 5.21. The molecule has 0 saturated heterocycles. The third-order valence-electron chi connectivity index (χ3n) is 3.12. The first kappa shape index (κ1) is 16.4. The Morgan fingerprint density at radius 3 is 2.73 bits per heavy atom. The van der Waals surface area contributed by atoms with Crippen LogP contribution in [0.4, 0.5) is 5.95 Å². The van der Waals surface area contributed by atoms with Gasteiger partial charge in [-0.05, 0) is 36.6 Å². The molecule has 0 fully saturated rings. The Kier molecular flexibility index (Phi) is 6.27. The molecule has 2 aromatic rings. The zero-order chi connectivity index (χ0) is 15.8. The maximum atomic E-state index is 6.10. The summed E-state index contributed by atoms with van der Waals surface area (Å²) in [4.78, 5) is 1.52. The molecule has 1 heterocycles. The van der Waals surface area contributed by atoms with Crippen molar-refractivity contribution < 1.29 is 9.47 Å². The van der Waals surface area contributed by atoms with Gasteiger partial charge in [-0.3, -0.25) is 0 Å². The highest BCUT2D eigenvalue weighted by Gasteiger charge is 2.03. The summed E-state index contributed by atoms with van der Waals surface area (Å²) < 4.78 is 10.8. The molecule has 0 aliphatic heterocycles. The van der Waals surface area contributed by atoms with Crippen molar-refractivity contribution in [1.82, 2.24) is 20.2 Å². The van der Waals surface area contributed by atoms with E-state index in [4.69, 9.17) is 26.8 Å². The van der Waals surface area contributed by atoms with E-state index in [-0.39, 0.29) is 5.95 Å². The molecule has 2 rings (SSSR count). The van der Waals surface area contributed by atoms with Crippen molar-refractivity contribution in [2.75, 3.05) is 19.5 Å². The van der Waals surface area contributed by atoms with E-state index in [9.17, 15) is 0 Å². The number of rotatable bonds is 9. The van der Waals surface area contributed by atoms with Gasteiger partial charge in [0.2, 0.25) is 0 Å². The van der Waals surface area contributed by atoms with E-state index in [1.807, 2.05) is 12.1 Å². The summed E-state index contributed by atoms with van der Waals surface area (Å²) in [5.74, 6) is 1.62. The Balaban J connectivity index is 1.57. The van der Waals surface area contributed by atoms with E-state index in [1.54, 1.807) is 13.2 Å². The molecule has 0 aliphatic rings. The Morgan fingerprint density at radius 1 is 1.23 bits per heavy atom. The van der Waals surface area contributed by atoms with Crippen molar-refractivity contribution in [3.63, 3.8) is 0 Å². The highest BCUT2D eigenvalue weighted by Crippen LogP contribution is 2.28. The molecular formula is C14H20ClN5O2. The SMILES string of the molecule is COc1ccc(OCCCCCCn2nnc(N)n2)c(Cl)c1. The molecule has 120 valence electrons. The highest BCUT2D eigenvalue weighted by molar-refractivity contribution is 6.32. The summed E-state index contributed by atoms with van der Waals surface area (Å²) in [6.45, 7) is 1.37. The fourth-order valence-corrected chi connectivity index (χ4v) is 2.19. The third kappa shape index (κ3) is 5.07. The van der Waals surface area contributed by atoms with E-state index in [0.29, 0.717) is 17.4 Å². The monoisotopic (exact) mass is 325 g/mol. The number of halogens is 1. The van der Waals surface area contributed by atoms with Gasteiger partial charge in [0.05, 0.1) is 25.3 Å². The van der Waals surface area contributed by atoms with E-state index in [2.05, 4.69) is 15.4 Å². The van der Waals surface area contributed by atoms with Crippen LogP contribution in [0.1, 0.15) is 25.7 Å². The van der Waals surface area contributed by atoms with Crippen molar-refractivity contribution in [3.8, 4) is 11.5 Å². The number of aryl methyl sites for hydroxylation is 1. The van der Waals surface area contributed by atoms with Gasteiger partial charge in [0.25, 0.3) is 5.95 Å². The molecule has 1 aromatic heterocycles. The lowest BCUT2D eigenvalue weighted by Crippen LogP contribution is -2.03. The molecule has 0 amide bonds. The first-order valence-corrected chi connectivity index (χ1v) is 7.56. The average Bonchev–Trinajstić information content (AvgIpc) is 2.93. The van der Waals surface area contributed by atoms with E-state index >= 15 is 0 Å². The molecule has 0 saturated carbocycles. The minimum Gasteiger partial charge on any atom is -0.497 e. The molecule has 0 unspecified atom stereocenters. The summed E-state index contributed by atoms with van der Waals surface area (Å²) in [6.07, 6.45) is 4.09. The van der Waals surface area contributed by atoms with Crippen LogP contribution in [0.5, 0.6) is 11.5 Å². The summed E-state index contributed by atoms with van der Waals surface area (Å²) in [5, 5.41) is 11.9. The van der Waals surface area contributed by atoms with Gasteiger partial charge < -0.3 is 15.2 Å². The second-order valence-electron chi connectivity index (χ2n) is 4.80. The molecule has 8 heteroatoms. The van der Waals surface area contributed by atoms with Crippen LogP contribution in [0.2, 0.25) is 5.02 Å². The van der Waals surface area contributed by atoms with Crippen LogP contribution in [-0.4, -0.2) is 33.9 Å². The second kappa shape index (κ2) is 8.43. The van der Waals surface area contributed by atoms with Gasteiger partial charge in [0.15, 0.2) is 0 Å². The van der Waals surface area contributed by atoms with Crippen LogP contribution in [-0.2, 0) is 6.54 Å². The van der Waals surface area contributed by atoms with Gasteiger partial charge >= 0.3 is 0 Å². The average molecular weight is 326 g/mol. The molecule has 0 bridgehead atoms. The number of nitrogen functional groups attached to an aromatic ring is 1. The molecule has 22 heavy (non-hydrogen) atoms. The van der Waals surface area contributed by atoms with Gasteiger partial charge in [-0.25, -0.2) is 0 Å². The van der Waals surface area contributed by atoms with Crippen LogP contribution in [0.25, 0.3) is 0 Å². The maximum absolute atomic E-state index is 6.10. The van der Waals surface area contributed by atoms with Gasteiger partial charge in [-0.2, -0.15) is 4.80 Å². The molecule has 7 nitrogen and oxygen atoms in total. The first-order valence-electron chi connectivity index (χ1n) is 7.18. The number of methoxy groups -OCH3 is 1. The van der Waals surface area contributed by atoms with E-state index < -0.39 is 0 Å². The zero-order valence-corrected chi connectivity index (χ0v) is 13.3. The third-order valence-corrected chi connectivity index (χ3v) is 3.41. The Morgan fingerprint density at radius 2 is 2.05 bits per heavy atom. The number of tetrazole rings is 1. The fraction of sp³-hybridized carbons (Fsp3) is 0.500. The highest BCUT2D eigenvalue weighted by atomic mass is 35.5. The minimum atomic E-state index is 0.213. The number of unbranched alkanes of at least 4 members (excludes halogenated alkanes) is 3. The van der Waals surface area contributed by atoms with Crippen molar-refractivity contribution in [3.05, 3.63) is 23.2 Å². The number of benzene rings is 1. The molecule has 0 aliphatic carbocycles. The molecule has 0 atom stereocenters. The topological polar surface area (TPSA) is 88.1 Å². The molecule has 0 spiro atoms. The Labute approximate surface area is 134 Å². The van der Waals surface area contributed by atoms with Crippen molar-refractivity contribution in [2.45, 2.75) is 32.2 Å². The van der Waals surface area contributed by atoms with Crippen LogP contribution >= 0.6 is 11.6 Å². The predicted molar refractivity (Wildman–Crippen MR) is 84.2 cm³/mol. The number of hydrogen-bond donors (Lipinski definition) is 1. The lowest BCUT2D eigenvalue weighted by atomic mass is 10.2. The lowest BCUT2D eigenvalue weighted by Gasteiger charge is -2.09. The van der Waals surface area contributed by atoms with Crippen molar-refractivity contribution in [2.24, 2.45) is 0 Å². The van der Waals surface area contributed by atoms with Gasteiger partial charge in [0, 0.05) is 6.07 Å². The number of aromatic nitrogens is 4. The van der Waals surface area contributed by atoms with Gasteiger partial charge in [-0.1, -0.05) is 23.1 Å². The predicted octanol–water partition coefficient (Wildman–Crippen LogP) is 2.56. The van der Waals surface area contributed by atoms with Crippen molar-refractivity contribution >= 4 is 17.5 Å². The fourth-order valence-electron chi connectivity index (χ4n) is 1.97. The van der Waals surface area contributed by atoms with Gasteiger partial charge in [0.1, 0.15) is 11.5 Å². The zero-order valence-electron chi connectivity index (χ0n) is 12.5. The number of nitrogens with two attached hydrogens (primary N) is 1. The normalized spacial score (nSPS) is 10.6. The summed E-state index contributed by atoms with van der Waals surface area (Å²) in [5.41, 5.74) is 5.39. The summed E-state index contributed by atoms with van der Waals surface area (Å²) in [7, 11) is 1.61.